The van der Waals surface area contributed by atoms with E-state index < -0.39 is 0 Å². The van der Waals surface area contributed by atoms with Gasteiger partial charge in [-0.25, -0.2) is 14.0 Å². The molecule has 0 aromatic heterocycles. The van der Waals surface area contributed by atoms with Crippen LogP contribution in [-0.4, -0.2) is 74.3 Å². The van der Waals surface area contributed by atoms with Crippen LogP contribution >= 0.6 is 0 Å². The molecular formula is C25H37FN4O3. The molecule has 0 radical (unpaired) electrons. The van der Waals surface area contributed by atoms with E-state index >= 15 is 0 Å². The summed E-state index contributed by atoms with van der Waals surface area (Å²) in [5.41, 5.74) is 1.61. The minimum Gasteiger partial charge on any atom is -0.450 e. The Morgan fingerprint density at radius 3 is 2.64 bits per heavy atom. The molecule has 1 saturated heterocycles. The van der Waals surface area contributed by atoms with Gasteiger partial charge >= 0.3 is 12.1 Å². The molecule has 1 spiro atoms. The van der Waals surface area contributed by atoms with Gasteiger partial charge in [-0.1, -0.05) is 12.8 Å². The number of nitrogens with zero attached hydrogens (tertiary/aromatic N) is 3. The normalized spacial score (nSPS) is 24.8. The third-order valence-corrected chi connectivity index (χ3v) is 7.66. The van der Waals surface area contributed by atoms with Gasteiger partial charge in [-0.15, -0.1) is 0 Å². The lowest BCUT2D eigenvalue weighted by molar-refractivity contribution is 0.103. The van der Waals surface area contributed by atoms with Crippen molar-refractivity contribution in [1.29, 1.82) is 0 Å². The minimum absolute atomic E-state index is 0.0567. The Hall–Kier alpha value is -2.35. The van der Waals surface area contributed by atoms with Crippen LogP contribution in [0.15, 0.2) is 18.2 Å². The Balaban J connectivity index is 1.46. The molecule has 1 aromatic carbocycles. The minimum atomic E-state index is -0.323. The van der Waals surface area contributed by atoms with Crippen LogP contribution in [0.25, 0.3) is 0 Å². The first kappa shape index (κ1) is 23.8. The maximum Gasteiger partial charge on any atom is 0.407 e. The highest BCUT2D eigenvalue weighted by atomic mass is 19.1. The molecule has 2 atom stereocenters. The highest BCUT2D eigenvalue weighted by Gasteiger charge is 2.47. The highest BCUT2D eigenvalue weighted by Crippen LogP contribution is 2.48. The van der Waals surface area contributed by atoms with Gasteiger partial charge in [0.05, 0.1) is 6.61 Å². The number of rotatable bonds is 3. The Labute approximate surface area is 196 Å². The van der Waals surface area contributed by atoms with Gasteiger partial charge < -0.3 is 19.9 Å². The zero-order chi connectivity index (χ0) is 23.6. The summed E-state index contributed by atoms with van der Waals surface area (Å²) in [6.45, 7) is 4.63. The predicted octanol–water partition coefficient (Wildman–Crippen LogP) is 4.11. The standard InChI is InChI=1S/C25H37FN4O3/c1-4-33-23(31)27-19-7-5-6-8-20(16-19)29-13-11-25(12-14-29)17-30(24(32)28(2)3)22-10-9-18(26)15-21(22)25/h9-10,15,19-20H,4-8,11-14,16-17H2,1-3H3,(H,27,31). The van der Waals surface area contributed by atoms with Gasteiger partial charge in [0.1, 0.15) is 5.82 Å². The quantitative estimate of drug-likeness (QED) is 0.690. The van der Waals surface area contributed by atoms with Gasteiger partial charge in [0.2, 0.25) is 0 Å². The summed E-state index contributed by atoms with van der Waals surface area (Å²) in [7, 11) is 3.51. The van der Waals surface area contributed by atoms with E-state index in [1.807, 2.05) is 11.8 Å². The molecule has 3 amide bonds. The monoisotopic (exact) mass is 460 g/mol. The lowest BCUT2D eigenvalue weighted by Crippen LogP contribution is -2.51. The summed E-state index contributed by atoms with van der Waals surface area (Å²) >= 11 is 0. The van der Waals surface area contributed by atoms with Crippen LogP contribution in [0.4, 0.5) is 19.7 Å². The van der Waals surface area contributed by atoms with Crippen molar-refractivity contribution >= 4 is 17.8 Å². The van der Waals surface area contributed by atoms with Crippen molar-refractivity contribution < 1.29 is 18.7 Å². The fourth-order valence-electron chi connectivity index (χ4n) is 5.94. The van der Waals surface area contributed by atoms with Gasteiger partial charge in [-0.2, -0.15) is 0 Å². The number of likely N-dealkylation sites (tertiary alicyclic amines) is 1. The number of urea groups is 1. The number of halogens is 1. The summed E-state index contributed by atoms with van der Waals surface area (Å²) < 4.78 is 19.3. The number of amides is 3. The fraction of sp³-hybridized carbons (Fsp3) is 0.680. The number of fused-ring (bicyclic) bond motifs is 2. The number of anilines is 1. The van der Waals surface area contributed by atoms with Crippen LogP contribution in [0.5, 0.6) is 0 Å². The van der Waals surface area contributed by atoms with Crippen molar-refractivity contribution in [2.24, 2.45) is 0 Å². The summed E-state index contributed by atoms with van der Waals surface area (Å²) in [6, 6.07) is 5.35. The van der Waals surface area contributed by atoms with Crippen molar-refractivity contribution in [2.45, 2.75) is 69.4 Å². The van der Waals surface area contributed by atoms with Crippen LogP contribution in [0.1, 0.15) is 57.4 Å². The van der Waals surface area contributed by atoms with E-state index in [0.717, 1.165) is 69.3 Å². The third kappa shape index (κ3) is 4.95. The van der Waals surface area contributed by atoms with E-state index in [0.29, 0.717) is 19.2 Å². The number of alkyl carbamates (subject to hydrolysis) is 1. The molecule has 2 heterocycles. The fourth-order valence-corrected chi connectivity index (χ4v) is 5.94. The molecule has 2 aliphatic heterocycles. The summed E-state index contributed by atoms with van der Waals surface area (Å²) in [5, 5.41) is 3.05. The van der Waals surface area contributed by atoms with E-state index in [2.05, 4.69) is 10.2 Å². The first-order valence-corrected chi connectivity index (χ1v) is 12.3. The molecule has 2 unspecified atom stereocenters. The number of benzene rings is 1. The average molecular weight is 461 g/mol. The second kappa shape index (κ2) is 9.87. The van der Waals surface area contributed by atoms with E-state index in [9.17, 15) is 14.0 Å². The number of piperidine rings is 1. The van der Waals surface area contributed by atoms with Crippen molar-refractivity contribution in [3.8, 4) is 0 Å². The molecule has 182 valence electrons. The van der Waals surface area contributed by atoms with E-state index in [4.69, 9.17) is 4.74 Å². The largest absolute Gasteiger partial charge is 0.450 e. The van der Waals surface area contributed by atoms with Gasteiger partial charge in [0, 0.05) is 43.8 Å². The number of hydrogen-bond donors (Lipinski definition) is 1. The second-order valence-corrected chi connectivity index (χ2v) is 9.98. The second-order valence-electron chi connectivity index (χ2n) is 9.98. The topological polar surface area (TPSA) is 65.1 Å². The lowest BCUT2D eigenvalue weighted by Gasteiger charge is -2.43. The molecule has 1 N–H and O–H groups in total. The molecule has 3 aliphatic rings. The Bertz CT molecular complexity index is 869. The summed E-state index contributed by atoms with van der Waals surface area (Å²) in [5.74, 6) is -0.244. The highest BCUT2D eigenvalue weighted by molar-refractivity contribution is 5.95. The SMILES string of the molecule is CCOC(=O)NC1CCCCC(N2CCC3(CC2)CN(C(=O)N(C)C)c2ccc(F)cc23)C1. The molecule has 1 aromatic rings. The van der Waals surface area contributed by atoms with Crippen LogP contribution in [0, 0.1) is 5.82 Å². The molecule has 8 heteroatoms. The maximum atomic E-state index is 14.2. The van der Waals surface area contributed by atoms with Crippen molar-refractivity contribution in [2.75, 3.05) is 45.2 Å². The predicted molar refractivity (Wildman–Crippen MR) is 126 cm³/mol. The Kier molecular flexibility index (Phi) is 7.12. The first-order valence-electron chi connectivity index (χ1n) is 12.3. The maximum absolute atomic E-state index is 14.2. The zero-order valence-corrected chi connectivity index (χ0v) is 20.1. The molecule has 1 saturated carbocycles. The molecular weight excluding hydrogens is 423 g/mol. The summed E-state index contributed by atoms with van der Waals surface area (Å²) in [4.78, 5) is 30.7. The van der Waals surface area contributed by atoms with E-state index in [1.165, 1.54) is 6.07 Å². The van der Waals surface area contributed by atoms with Gasteiger partial charge in [-0.05, 0) is 75.9 Å². The number of carbonyl (C=O) groups is 2. The van der Waals surface area contributed by atoms with Gasteiger partial charge in [0.15, 0.2) is 0 Å². The average Bonchev–Trinajstić information content (AvgIpc) is 2.92. The summed E-state index contributed by atoms with van der Waals surface area (Å²) in [6.07, 6.45) is 6.79. The Morgan fingerprint density at radius 2 is 1.94 bits per heavy atom. The lowest BCUT2D eigenvalue weighted by atomic mass is 9.74. The zero-order valence-electron chi connectivity index (χ0n) is 20.1. The molecule has 1 aliphatic carbocycles. The number of nitrogens with one attached hydrogen (secondary N) is 1. The van der Waals surface area contributed by atoms with Gasteiger partial charge in [-0.3, -0.25) is 4.90 Å². The molecule has 33 heavy (non-hydrogen) atoms. The van der Waals surface area contributed by atoms with Crippen molar-refractivity contribution in [3.63, 3.8) is 0 Å². The van der Waals surface area contributed by atoms with E-state index in [-0.39, 0.29) is 29.4 Å². The third-order valence-electron chi connectivity index (χ3n) is 7.66. The smallest absolute Gasteiger partial charge is 0.407 e. The Morgan fingerprint density at radius 1 is 1.21 bits per heavy atom. The van der Waals surface area contributed by atoms with Crippen molar-refractivity contribution in [1.82, 2.24) is 15.1 Å². The van der Waals surface area contributed by atoms with Crippen LogP contribution < -0.4 is 10.2 Å². The van der Waals surface area contributed by atoms with Crippen LogP contribution in [0.3, 0.4) is 0 Å². The van der Waals surface area contributed by atoms with Crippen LogP contribution in [-0.2, 0) is 10.2 Å². The molecule has 0 bridgehead atoms. The van der Waals surface area contributed by atoms with E-state index in [1.54, 1.807) is 31.1 Å². The molecule has 7 nitrogen and oxygen atoms in total. The number of hydrogen-bond acceptors (Lipinski definition) is 4. The van der Waals surface area contributed by atoms with Crippen molar-refractivity contribution in [3.05, 3.63) is 29.6 Å². The molecule has 4 rings (SSSR count). The molecule has 2 fully saturated rings. The number of carbonyl (C=O) groups excluding carboxylic acids is 2. The first-order chi connectivity index (χ1) is 15.8. The number of ether oxygens (including phenoxy) is 1. The van der Waals surface area contributed by atoms with Gasteiger partial charge in [0.25, 0.3) is 0 Å². The van der Waals surface area contributed by atoms with Crippen LogP contribution in [0.2, 0.25) is 0 Å².